The summed E-state index contributed by atoms with van der Waals surface area (Å²) in [4.78, 5) is 20.5. The lowest BCUT2D eigenvalue weighted by molar-refractivity contribution is 0.0708. The van der Waals surface area contributed by atoms with Crippen molar-refractivity contribution in [2.45, 2.75) is 17.2 Å². The molecule has 2 aromatic carbocycles. The fraction of sp³-hybridized carbons (Fsp3) is 0.320. The van der Waals surface area contributed by atoms with Gasteiger partial charge in [0, 0.05) is 48.5 Å². The van der Waals surface area contributed by atoms with E-state index in [9.17, 15) is 5.11 Å². The standard InChI is InChI=1S/C25H26Cl2N6OS/c26-19-5-1-17(2-6-19)23(18-3-7-20(27)8-4-18)33-11-9-32(10-12-33)13-21(34)14-35-25-22-24(29-15-28-22)30-16-31-25/h1-8,15-16,21,23,34H,9-14H2,(H,28,29,30,31). The van der Waals surface area contributed by atoms with Crippen molar-refractivity contribution in [1.29, 1.82) is 0 Å². The number of nitrogens with zero attached hydrogens (tertiary/aromatic N) is 5. The number of aromatic amines is 1. The average molecular weight is 529 g/mol. The zero-order chi connectivity index (χ0) is 24.2. The highest BCUT2D eigenvalue weighted by Crippen LogP contribution is 2.31. The maximum absolute atomic E-state index is 10.7. The SMILES string of the molecule is OC(CSc1ncnc2nc[nH]c12)CN1CCN(C(c2ccc(Cl)cc2)c2ccc(Cl)cc2)CC1. The predicted octanol–water partition coefficient (Wildman–Crippen LogP) is 4.52. The maximum Gasteiger partial charge on any atom is 0.181 e. The first-order chi connectivity index (χ1) is 17.1. The molecule has 0 amide bonds. The van der Waals surface area contributed by atoms with Crippen molar-refractivity contribution in [3.8, 4) is 0 Å². The molecule has 1 aliphatic heterocycles. The van der Waals surface area contributed by atoms with Crippen molar-refractivity contribution in [1.82, 2.24) is 29.7 Å². The van der Waals surface area contributed by atoms with Crippen LogP contribution in [0, 0.1) is 0 Å². The molecule has 1 fully saturated rings. The predicted molar refractivity (Wildman–Crippen MR) is 141 cm³/mol. The van der Waals surface area contributed by atoms with Gasteiger partial charge in [0.05, 0.1) is 18.5 Å². The number of aromatic nitrogens is 4. The van der Waals surface area contributed by atoms with Crippen molar-refractivity contribution in [2.24, 2.45) is 0 Å². The van der Waals surface area contributed by atoms with E-state index in [0.717, 1.165) is 46.8 Å². The zero-order valence-corrected chi connectivity index (χ0v) is 21.3. The van der Waals surface area contributed by atoms with Gasteiger partial charge in [-0.3, -0.25) is 9.80 Å². The Morgan fingerprint density at radius 2 is 1.51 bits per heavy atom. The second-order valence-electron chi connectivity index (χ2n) is 8.59. The molecule has 0 radical (unpaired) electrons. The van der Waals surface area contributed by atoms with E-state index in [2.05, 4.69) is 54.0 Å². The number of aliphatic hydroxyl groups excluding tert-OH is 1. The number of nitrogens with one attached hydrogen (secondary N) is 1. The minimum atomic E-state index is -0.456. The molecule has 182 valence electrons. The minimum absolute atomic E-state index is 0.127. The van der Waals surface area contributed by atoms with Crippen LogP contribution in [0.3, 0.4) is 0 Å². The number of fused-ring (bicyclic) bond motifs is 1. The van der Waals surface area contributed by atoms with Crippen LogP contribution < -0.4 is 0 Å². The summed E-state index contributed by atoms with van der Waals surface area (Å²) in [5.74, 6) is 0.559. The molecule has 2 aromatic heterocycles. The summed E-state index contributed by atoms with van der Waals surface area (Å²) in [7, 11) is 0. The summed E-state index contributed by atoms with van der Waals surface area (Å²) in [6, 6.07) is 16.3. The number of aliphatic hydroxyl groups is 1. The molecule has 1 saturated heterocycles. The number of piperazine rings is 1. The van der Waals surface area contributed by atoms with Gasteiger partial charge < -0.3 is 10.1 Å². The second kappa shape index (κ2) is 11.2. The summed E-state index contributed by atoms with van der Waals surface area (Å²) in [6.45, 7) is 4.20. The van der Waals surface area contributed by atoms with Gasteiger partial charge in [0.15, 0.2) is 5.65 Å². The summed E-state index contributed by atoms with van der Waals surface area (Å²) >= 11 is 13.8. The van der Waals surface area contributed by atoms with E-state index in [4.69, 9.17) is 23.2 Å². The van der Waals surface area contributed by atoms with Gasteiger partial charge in [0.1, 0.15) is 16.9 Å². The first kappa shape index (κ1) is 24.5. The van der Waals surface area contributed by atoms with Crippen molar-refractivity contribution in [2.75, 3.05) is 38.5 Å². The number of benzene rings is 2. The van der Waals surface area contributed by atoms with Gasteiger partial charge in [-0.25, -0.2) is 15.0 Å². The summed E-state index contributed by atoms with van der Waals surface area (Å²) in [5.41, 5.74) is 3.87. The Labute approximate surface area is 218 Å². The molecule has 1 unspecified atom stereocenters. The van der Waals surface area contributed by atoms with Crippen LogP contribution in [-0.4, -0.2) is 79.4 Å². The number of H-pyrrole nitrogens is 1. The van der Waals surface area contributed by atoms with Gasteiger partial charge in [-0.15, -0.1) is 11.8 Å². The van der Waals surface area contributed by atoms with E-state index in [0.29, 0.717) is 17.9 Å². The fourth-order valence-corrected chi connectivity index (χ4v) is 5.61. The highest BCUT2D eigenvalue weighted by Gasteiger charge is 2.27. The highest BCUT2D eigenvalue weighted by atomic mass is 35.5. The molecule has 5 rings (SSSR count). The first-order valence-corrected chi connectivity index (χ1v) is 13.2. The van der Waals surface area contributed by atoms with Crippen LogP contribution in [-0.2, 0) is 0 Å². The lowest BCUT2D eigenvalue weighted by Gasteiger charge is -2.40. The van der Waals surface area contributed by atoms with Gasteiger partial charge in [-0.2, -0.15) is 0 Å². The third-order valence-corrected chi connectivity index (χ3v) is 7.85. The number of hydrogen-bond acceptors (Lipinski definition) is 7. The Balaban J connectivity index is 1.19. The molecular formula is C25H26Cl2N6OS. The number of rotatable bonds is 8. The molecule has 1 atom stereocenters. The molecule has 1 aliphatic rings. The maximum atomic E-state index is 10.7. The van der Waals surface area contributed by atoms with Crippen molar-refractivity contribution >= 4 is 46.1 Å². The van der Waals surface area contributed by atoms with Gasteiger partial charge in [-0.05, 0) is 35.4 Å². The van der Waals surface area contributed by atoms with E-state index in [1.165, 1.54) is 29.2 Å². The van der Waals surface area contributed by atoms with Crippen LogP contribution in [0.4, 0.5) is 0 Å². The van der Waals surface area contributed by atoms with Crippen LogP contribution >= 0.6 is 35.0 Å². The summed E-state index contributed by atoms with van der Waals surface area (Å²) < 4.78 is 0. The lowest BCUT2D eigenvalue weighted by atomic mass is 9.96. The van der Waals surface area contributed by atoms with E-state index < -0.39 is 6.10 Å². The van der Waals surface area contributed by atoms with E-state index in [-0.39, 0.29) is 6.04 Å². The largest absolute Gasteiger partial charge is 0.391 e. The first-order valence-electron chi connectivity index (χ1n) is 11.5. The van der Waals surface area contributed by atoms with Gasteiger partial charge in [0.2, 0.25) is 0 Å². The Kier molecular flexibility index (Phi) is 7.87. The molecule has 0 spiro atoms. The van der Waals surface area contributed by atoms with E-state index in [1.54, 1.807) is 6.33 Å². The number of imidazole rings is 1. The van der Waals surface area contributed by atoms with Crippen LogP contribution in [0.2, 0.25) is 10.0 Å². The summed E-state index contributed by atoms with van der Waals surface area (Å²) in [5, 5.41) is 13.0. The number of halogens is 2. The Bertz CT molecular complexity index is 1200. The Morgan fingerprint density at radius 3 is 2.14 bits per heavy atom. The Hall–Kier alpha value is -2.20. The zero-order valence-electron chi connectivity index (χ0n) is 19.0. The smallest absolute Gasteiger partial charge is 0.181 e. The number of thioether (sulfide) groups is 1. The molecule has 10 heteroatoms. The molecule has 0 bridgehead atoms. The third kappa shape index (κ3) is 5.97. The molecule has 2 N–H and O–H groups in total. The molecular weight excluding hydrogens is 503 g/mol. The van der Waals surface area contributed by atoms with Crippen molar-refractivity contribution in [3.63, 3.8) is 0 Å². The number of β-amino-alcohol motifs (C(OH)–C–C–N with tert-alkyl or cyclic N) is 1. The van der Waals surface area contributed by atoms with Crippen molar-refractivity contribution < 1.29 is 5.11 Å². The van der Waals surface area contributed by atoms with Gasteiger partial charge in [-0.1, -0.05) is 47.5 Å². The van der Waals surface area contributed by atoms with Gasteiger partial charge >= 0.3 is 0 Å². The summed E-state index contributed by atoms with van der Waals surface area (Å²) in [6.07, 6.45) is 2.66. The lowest BCUT2D eigenvalue weighted by Crippen LogP contribution is -2.49. The van der Waals surface area contributed by atoms with Crippen LogP contribution in [0.15, 0.2) is 66.2 Å². The average Bonchev–Trinajstić information content (AvgIpc) is 3.36. The number of hydrogen-bond donors (Lipinski definition) is 2. The monoisotopic (exact) mass is 528 g/mol. The van der Waals surface area contributed by atoms with E-state index >= 15 is 0 Å². The van der Waals surface area contributed by atoms with Gasteiger partial charge in [0.25, 0.3) is 0 Å². The normalized spacial score (nSPS) is 16.2. The van der Waals surface area contributed by atoms with E-state index in [1.807, 2.05) is 24.3 Å². The minimum Gasteiger partial charge on any atom is -0.391 e. The third-order valence-electron chi connectivity index (χ3n) is 6.21. The molecule has 7 nitrogen and oxygen atoms in total. The molecule has 0 aliphatic carbocycles. The quantitative estimate of drug-likeness (QED) is 0.257. The van der Waals surface area contributed by atoms with Crippen LogP contribution in [0.5, 0.6) is 0 Å². The fourth-order valence-electron chi connectivity index (χ4n) is 4.49. The van der Waals surface area contributed by atoms with Crippen LogP contribution in [0.25, 0.3) is 11.2 Å². The molecule has 35 heavy (non-hydrogen) atoms. The molecule has 0 saturated carbocycles. The van der Waals surface area contributed by atoms with Crippen molar-refractivity contribution in [3.05, 3.63) is 82.4 Å². The van der Waals surface area contributed by atoms with Crippen LogP contribution in [0.1, 0.15) is 17.2 Å². The topological polar surface area (TPSA) is 81.2 Å². The molecule has 3 heterocycles. The highest BCUT2D eigenvalue weighted by molar-refractivity contribution is 7.99. The Morgan fingerprint density at radius 1 is 0.886 bits per heavy atom. The second-order valence-corrected chi connectivity index (χ2v) is 10.5. The molecule has 4 aromatic rings.